The lowest BCUT2D eigenvalue weighted by molar-refractivity contribution is -0.137. The number of amides is 1. The Morgan fingerprint density at radius 1 is 1.19 bits per heavy atom. The molecular formula is C22H21F3N4O3. The molecule has 10 heteroatoms. The van der Waals surface area contributed by atoms with Gasteiger partial charge in [0.05, 0.1) is 19.2 Å². The van der Waals surface area contributed by atoms with Gasteiger partial charge in [0.2, 0.25) is 0 Å². The van der Waals surface area contributed by atoms with Crippen LogP contribution in [0.15, 0.2) is 53.3 Å². The molecule has 0 saturated heterocycles. The summed E-state index contributed by atoms with van der Waals surface area (Å²) in [5.41, 5.74) is -0.517. The second kappa shape index (κ2) is 8.52. The van der Waals surface area contributed by atoms with Crippen LogP contribution in [0.2, 0.25) is 0 Å². The highest BCUT2D eigenvalue weighted by Crippen LogP contribution is 2.36. The van der Waals surface area contributed by atoms with E-state index in [0.29, 0.717) is 11.6 Å². The molecule has 1 aromatic heterocycles. The molecule has 168 valence electrons. The number of halogens is 3. The van der Waals surface area contributed by atoms with Crippen LogP contribution in [0.5, 0.6) is 5.75 Å². The number of alkyl halides is 3. The number of aromatic nitrogens is 3. The predicted molar refractivity (Wildman–Crippen MR) is 111 cm³/mol. The standard InChI is InChI=1S/C22H21F3N4O3/c1-32-18-9-5-14(6-10-18)19-27-28(21(31)29(19)17-7-8-17)12-11-26-20(30)15-3-2-4-16(13-15)22(23,24)25/h2-6,9-10,13,17H,7-8,11-12H2,1H3,(H,26,30). The predicted octanol–water partition coefficient (Wildman–Crippen LogP) is 3.50. The average molecular weight is 446 g/mol. The van der Waals surface area contributed by atoms with Crippen LogP contribution in [0, 0.1) is 0 Å². The van der Waals surface area contributed by atoms with Gasteiger partial charge < -0.3 is 10.1 Å². The molecule has 1 aliphatic carbocycles. The van der Waals surface area contributed by atoms with Crippen molar-refractivity contribution >= 4 is 5.91 Å². The zero-order valence-corrected chi connectivity index (χ0v) is 17.2. The molecule has 1 fully saturated rings. The summed E-state index contributed by atoms with van der Waals surface area (Å²) in [7, 11) is 1.57. The molecule has 3 aromatic rings. The maximum atomic E-state index is 12.9. The van der Waals surface area contributed by atoms with E-state index in [2.05, 4.69) is 10.4 Å². The number of carbonyl (C=O) groups is 1. The van der Waals surface area contributed by atoms with E-state index in [-0.39, 0.29) is 30.4 Å². The third kappa shape index (κ3) is 4.53. The Morgan fingerprint density at radius 2 is 1.91 bits per heavy atom. The fourth-order valence-corrected chi connectivity index (χ4v) is 3.38. The number of nitrogens with zero attached hydrogens (tertiary/aromatic N) is 3. The van der Waals surface area contributed by atoms with Crippen molar-refractivity contribution in [3.8, 4) is 17.1 Å². The number of rotatable bonds is 7. The maximum Gasteiger partial charge on any atom is 0.416 e. The van der Waals surface area contributed by atoms with E-state index in [1.807, 2.05) is 12.1 Å². The van der Waals surface area contributed by atoms with Crippen molar-refractivity contribution in [3.63, 3.8) is 0 Å². The Bertz CT molecular complexity index is 1180. The van der Waals surface area contributed by atoms with Crippen LogP contribution < -0.4 is 15.7 Å². The molecule has 0 bridgehead atoms. The van der Waals surface area contributed by atoms with Crippen LogP contribution >= 0.6 is 0 Å². The van der Waals surface area contributed by atoms with Crippen molar-refractivity contribution < 1.29 is 22.7 Å². The number of benzene rings is 2. The zero-order valence-electron chi connectivity index (χ0n) is 17.2. The number of ether oxygens (including phenoxy) is 1. The number of carbonyl (C=O) groups excluding carboxylic acids is 1. The summed E-state index contributed by atoms with van der Waals surface area (Å²) >= 11 is 0. The second-order valence-corrected chi connectivity index (χ2v) is 7.49. The summed E-state index contributed by atoms with van der Waals surface area (Å²) in [6.07, 6.45) is -2.75. The highest BCUT2D eigenvalue weighted by molar-refractivity contribution is 5.94. The molecule has 1 heterocycles. The minimum atomic E-state index is -4.53. The van der Waals surface area contributed by atoms with Crippen LogP contribution in [-0.4, -0.2) is 33.9 Å². The molecule has 7 nitrogen and oxygen atoms in total. The van der Waals surface area contributed by atoms with Crippen LogP contribution in [-0.2, 0) is 12.7 Å². The first-order valence-corrected chi connectivity index (χ1v) is 10.1. The summed E-state index contributed by atoms with van der Waals surface area (Å²) < 4.78 is 46.6. The minimum Gasteiger partial charge on any atom is -0.497 e. The number of nitrogens with one attached hydrogen (secondary N) is 1. The van der Waals surface area contributed by atoms with Gasteiger partial charge in [-0.25, -0.2) is 9.48 Å². The molecule has 0 aliphatic heterocycles. The zero-order chi connectivity index (χ0) is 22.9. The second-order valence-electron chi connectivity index (χ2n) is 7.49. The summed E-state index contributed by atoms with van der Waals surface area (Å²) in [4.78, 5) is 25.1. The molecule has 1 amide bonds. The van der Waals surface area contributed by atoms with Crippen molar-refractivity contribution in [1.29, 1.82) is 0 Å². The van der Waals surface area contributed by atoms with Gasteiger partial charge in [-0.05, 0) is 55.3 Å². The molecular weight excluding hydrogens is 425 g/mol. The molecule has 0 atom stereocenters. The van der Waals surface area contributed by atoms with Crippen LogP contribution in [0.1, 0.15) is 34.8 Å². The quantitative estimate of drug-likeness (QED) is 0.603. The Balaban J connectivity index is 1.48. The van der Waals surface area contributed by atoms with Gasteiger partial charge in [0.25, 0.3) is 5.91 Å². The number of hydrogen-bond donors (Lipinski definition) is 1. The Morgan fingerprint density at radius 3 is 2.53 bits per heavy atom. The lowest BCUT2D eigenvalue weighted by Crippen LogP contribution is -2.32. The third-order valence-electron chi connectivity index (χ3n) is 5.19. The minimum absolute atomic E-state index is 0.0404. The third-order valence-corrected chi connectivity index (χ3v) is 5.19. The first-order valence-electron chi connectivity index (χ1n) is 10.1. The normalized spacial score (nSPS) is 13.8. The van der Waals surface area contributed by atoms with Crippen LogP contribution in [0.25, 0.3) is 11.4 Å². The van der Waals surface area contributed by atoms with E-state index < -0.39 is 17.6 Å². The van der Waals surface area contributed by atoms with E-state index >= 15 is 0 Å². The maximum absolute atomic E-state index is 12.9. The first-order chi connectivity index (χ1) is 15.3. The molecule has 1 aliphatic rings. The molecule has 4 rings (SSSR count). The van der Waals surface area contributed by atoms with Gasteiger partial charge >= 0.3 is 11.9 Å². The lowest BCUT2D eigenvalue weighted by Gasteiger charge is -2.09. The van der Waals surface area contributed by atoms with Gasteiger partial charge in [-0.2, -0.15) is 13.2 Å². The van der Waals surface area contributed by atoms with Gasteiger partial charge in [-0.1, -0.05) is 6.07 Å². The van der Waals surface area contributed by atoms with Crippen molar-refractivity contribution in [2.45, 2.75) is 31.6 Å². The Hall–Kier alpha value is -3.56. The molecule has 2 aromatic carbocycles. The van der Waals surface area contributed by atoms with E-state index in [4.69, 9.17) is 4.74 Å². The molecule has 0 spiro atoms. The lowest BCUT2D eigenvalue weighted by atomic mass is 10.1. The van der Waals surface area contributed by atoms with Crippen molar-refractivity contribution in [2.75, 3.05) is 13.7 Å². The van der Waals surface area contributed by atoms with Crippen LogP contribution in [0.4, 0.5) is 13.2 Å². The topological polar surface area (TPSA) is 78.2 Å². The van der Waals surface area contributed by atoms with Gasteiger partial charge in [-0.3, -0.25) is 9.36 Å². The van der Waals surface area contributed by atoms with E-state index in [1.54, 1.807) is 23.8 Å². The summed E-state index contributed by atoms with van der Waals surface area (Å²) in [6.45, 7) is 0.130. The van der Waals surface area contributed by atoms with Gasteiger partial charge in [0, 0.05) is 23.7 Å². The molecule has 0 radical (unpaired) electrons. The summed E-state index contributed by atoms with van der Waals surface area (Å²) in [6, 6.07) is 11.5. The SMILES string of the molecule is COc1ccc(-c2nn(CCNC(=O)c3cccc(C(F)(F)F)c3)c(=O)n2C2CC2)cc1. The van der Waals surface area contributed by atoms with Crippen LogP contribution in [0.3, 0.4) is 0 Å². The van der Waals surface area contributed by atoms with E-state index in [1.165, 1.54) is 16.8 Å². The van der Waals surface area contributed by atoms with E-state index in [0.717, 1.165) is 30.5 Å². The van der Waals surface area contributed by atoms with Crippen molar-refractivity contribution in [1.82, 2.24) is 19.7 Å². The molecule has 32 heavy (non-hydrogen) atoms. The number of methoxy groups -OCH3 is 1. The summed E-state index contributed by atoms with van der Waals surface area (Å²) in [5, 5.41) is 6.99. The molecule has 1 saturated carbocycles. The van der Waals surface area contributed by atoms with Gasteiger partial charge in [-0.15, -0.1) is 5.10 Å². The average Bonchev–Trinajstić information content (AvgIpc) is 3.57. The Kier molecular flexibility index (Phi) is 5.77. The van der Waals surface area contributed by atoms with Crippen molar-refractivity contribution in [3.05, 3.63) is 70.1 Å². The summed E-state index contributed by atoms with van der Waals surface area (Å²) in [5.74, 6) is 0.566. The first kappa shape index (κ1) is 21.7. The Labute approximate surface area is 181 Å². The largest absolute Gasteiger partial charge is 0.497 e. The fourth-order valence-electron chi connectivity index (χ4n) is 3.38. The molecule has 1 N–H and O–H groups in total. The molecule has 0 unspecified atom stereocenters. The highest BCUT2D eigenvalue weighted by Gasteiger charge is 2.31. The van der Waals surface area contributed by atoms with E-state index in [9.17, 15) is 22.8 Å². The van der Waals surface area contributed by atoms with Gasteiger partial charge in [0.1, 0.15) is 5.75 Å². The monoisotopic (exact) mass is 446 g/mol. The fraction of sp³-hybridized carbons (Fsp3) is 0.318. The highest BCUT2D eigenvalue weighted by atomic mass is 19.4. The van der Waals surface area contributed by atoms with Gasteiger partial charge in [0.15, 0.2) is 5.82 Å². The van der Waals surface area contributed by atoms with Crippen molar-refractivity contribution in [2.24, 2.45) is 0 Å². The smallest absolute Gasteiger partial charge is 0.416 e. The number of hydrogen-bond acceptors (Lipinski definition) is 4.